The van der Waals surface area contributed by atoms with Crippen LogP contribution in [-0.4, -0.2) is 76.9 Å². The zero-order chi connectivity index (χ0) is 25.0. The van der Waals surface area contributed by atoms with E-state index < -0.39 is 43.3 Å². The van der Waals surface area contributed by atoms with Crippen LogP contribution in [0.2, 0.25) is 0 Å². The number of aliphatic hydroxyl groups excluding tert-OH is 4. The van der Waals surface area contributed by atoms with Crippen LogP contribution in [0.15, 0.2) is 0 Å². The first-order chi connectivity index (χ1) is 16.5. The third kappa shape index (κ3) is 14.0. The summed E-state index contributed by atoms with van der Waals surface area (Å²) in [6.07, 6.45) is 11.6. The molecule has 0 amide bonds. The highest BCUT2D eigenvalue weighted by Crippen LogP contribution is 2.20. The molecular weight excluding hydrogens is 440 g/mol. The van der Waals surface area contributed by atoms with Crippen molar-refractivity contribution in [1.29, 1.82) is 0 Å². The molecule has 1 saturated heterocycles. The lowest BCUT2D eigenvalue weighted by Gasteiger charge is -2.31. The van der Waals surface area contributed by atoms with E-state index in [1.54, 1.807) is 0 Å². The third-order valence-electron chi connectivity index (χ3n) is 6.44. The SMILES string of the molecule is CCCCCCCCCCCCCCCCCC(=O)O[C@@H](C1OCCO1)[C@@H](O)[C@@H](O)[C@H](O)CO. The van der Waals surface area contributed by atoms with Crippen molar-refractivity contribution < 1.29 is 39.4 Å². The normalized spacial score (nSPS) is 18.0. The van der Waals surface area contributed by atoms with E-state index in [2.05, 4.69) is 6.92 Å². The monoisotopic (exact) mass is 490 g/mol. The molecule has 1 fully saturated rings. The first-order valence-corrected chi connectivity index (χ1v) is 13.6. The Labute approximate surface area is 206 Å². The molecular formula is C26H50O8. The summed E-state index contributed by atoms with van der Waals surface area (Å²) in [7, 11) is 0. The predicted octanol–water partition coefficient (Wildman–Crippen LogP) is 3.61. The summed E-state index contributed by atoms with van der Waals surface area (Å²) in [5, 5.41) is 38.9. The molecule has 4 atom stereocenters. The minimum atomic E-state index is -1.69. The molecule has 4 N–H and O–H groups in total. The van der Waals surface area contributed by atoms with Crippen LogP contribution in [0, 0.1) is 0 Å². The van der Waals surface area contributed by atoms with Crippen LogP contribution < -0.4 is 0 Å². The second-order valence-corrected chi connectivity index (χ2v) is 9.50. The van der Waals surface area contributed by atoms with Crippen LogP contribution in [-0.2, 0) is 19.0 Å². The summed E-state index contributed by atoms with van der Waals surface area (Å²) in [5.41, 5.74) is 0. The molecule has 202 valence electrons. The van der Waals surface area contributed by atoms with E-state index >= 15 is 0 Å². The molecule has 0 aliphatic carbocycles. The molecule has 0 aromatic rings. The number of hydrogen-bond donors (Lipinski definition) is 4. The highest BCUT2D eigenvalue weighted by molar-refractivity contribution is 5.69. The lowest BCUT2D eigenvalue weighted by Crippen LogP contribution is -2.52. The second-order valence-electron chi connectivity index (χ2n) is 9.50. The summed E-state index contributed by atoms with van der Waals surface area (Å²) in [6.45, 7) is 2.08. The van der Waals surface area contributed by atoms with Crippen molar-refractivity contribution >= 4 is 5.97 Å². The Morgan fingerprint density at radius 1 is 0.765 bits per heavy atom. The lowest BCUT2D eigenvalue weighted by molar-refractivity contribution is -0.210. The maximum absolute atomic E-state index is 12.3. The lowest BCUT2D eigenvalue weighted by atomic mass is 10.0. The fourth-order valence-electron chi connectivity index (χ4n) is 4.23. The van der Waals surface area contributed by atoms with Crippen molar-refractivity contribution in [3.8, 4) is 0 Å². The average molecular weight is 491 g/mol. The first kappa shape index (κ1) is 31.3. The zero-order valence-electron chi connectivity index (χ0n) is 21.2. The smallest absolute Gasteiger partial charge is 0.306 e. The number of ether oxygens (including phenoxy) is 3. The summed E-state index contributed by atoms with van der Waals surface area (Å²) in [4.78, 5) is 12.3. The molecule has 8 nitrogen and oxygen atoms in total. The number of unbranched alkanes of at least 4 members (excludes halogenated alkanes) is 14. The van der Waals surface area contributed by atoms with Gasteiger partial charge >= 0.3 is 5.97 Å². The number of carbonyl (C=O) groups is 1. The zero-order valence-corrected chi connectivity index (χ0v) is 21.2. The number of rotatable bonds is 22. The van der Waals surface area contributed by atoms with E-state index in [1.807, 2.05) is 0 Å². The first-order valence-electron chi connectivity index (χ1n) is 13.6. The number of carbonyl (C=O) groups excluding carboxylic acids is 1. The van der Waals surface area contributed by atoms with Gasteiger partial charge in [-0.3, -0.25) is 4.79 Å². The minimum absolute atomic E-state index is 0.201. The Bertz CT molecular complexity index is 483. The summed E-state index contributed by atoms with van der Waals surface area (Å²) in [6, 6.07) is 0. The van der Waals surface area contributed by atoms with Crippen molar-refractivity contribution in [1.82, 2.24) is 0 Å². The van der Waals surface area contributed by atoms with Gasteiger partial charge in [-0.2, -0.15) is 0 Å². The Morgan fingerprint density at radius 3 is 1.65 bits per heavy atom. The van der Waals surface area contributed by atoms with Crippen LogP contribution in [0.4, 0.5) is 0 Å². The Balaban J connectivity index is 2.09. The molecule has 1 rings (SSSR count). The Hall–Kier alpha value is -0.770. The molecule has 34 heavy (non-hydrogen) atoms. The second kappa shape index (κ2) is 20.4. The summed E-state index contributed by atoms with van der Waals surface area (Å²) < 4.78 is 16.0. The van der Waals surface area contributed by atoms with Gasteiger partial charge in [0, 0.05) is 6.42 Å². The van der Waals surface area contributed by atoms with Crippen LogP contribution in [0.5, 0.6) is 0 Å². The van der Waals surface area contributed by atoms with E-state index in [0.717, 1.165) is 12.8 Å². The quantitative estimate of drug-likeness (QED) is 0.134. The van der Waals surface area contributed by atoms with Gasteiger partial charge in [0.25, 0.3) is 0 Å². The van der Waals surface area contributed by atoms with Gasteiger partial charge in [-0.15, -0.1) is 0 Å². The van der Waals surface area contributed by atoms with Gasteiger partial charge in [0.2, 0.25) is 0 Å². The maximum Gasteiger partial charge on any atom is 0.306 e. The number of aliphatic hydroxyl groups is 4. The van der Waals surface area contributed by atoms with E-state index in [4.69, 9.17) is 19.3 Å². The van der Waals surface area contributed by atoms with Crippen LogP contribution in [0.3, 0.4) is 0 Å². The van der Waals surface area contributed by atoms with E-state index in [1.165, 1.54) is 77.0 Å². The van der Waals surface area contributed by atoms with E-state index in [9.17, 15) is 20.1 Å². The molecule has 0 saturated carbocycles. The van der Waals surface area contributed by atoms with Gasteiger partial charge in [0.05, 0.1) is 19.8 Å². The van der Waals surface area contributed by atoms with Crippen molar-refractivity contribution in [2.24, 2.45) is 0 Å². The summed E-state index contributed by atoms with van der Waals surface area (Å²) >= 11 is 0. The van der Waals surface area contributed by atoms with Crippen molar-refractivity contribution in [3.63, 3.8) is 0 Å². The van der Waals surface area contributed by atoms with Crippen molar-refractivity contribution in [3.05, 3.63) is 0 Å². The molecule has 8 heteroatoms. The molecule has 0 spiro atoms. The number of hydrogen-bond acceptors (Lipinski definition) is 8. The van der Waals surface area contributed by atoms with E-state index in [0.29, 0.717) is 6.42 Å². The molecule has 0 aromatic heterocycles. The Morgan fingerprint density at radius 2 is 1.21 bits per heavy atom. The third-order valence-corrected chi connectivity index (χ3v) is 6.44. The molecule has 1 aliphatic rings. The van der Waals surface area contributed by atoms with Crippen LogP contribution in [0.25, 0.3) is 0 Å². The molecule has 0 radical (unpaired) electrons. The highest BCUT2D eigenvalue weighted by Gasteiger charge is 2.41. The summed E-state index contributed by atoms with van der Waals surface area (Å²) in [5.74, 6) is -0.511. The molecule has 0 bridgehead atoms. The Kier molecular flexibility index (Phi) is 18.8. The van der Waals surface area contributed by atoms with Gasteiger partial charge in [-0.1, -0.05) is 96.8 Å². The van der Waals surface area contributed by atoms with E-state index in [-0.39, 0.29) is 19.6 Å². The number of esters is 1. The van der Waals surface area contributed by atoms with Gasteiger partial charge in [0.1, 0.15) is 18.3 Å². The minimum Gasteiger partial charge on any atom is -0.454 e. The maximum atomic E-state index is 12.3. The fourth-order valence-corrected chi connectivity index (χ4v) is 4.23. The predicted molar refractivity (Wildman–Crippen MR) is 130 cm³/mol. The van der Waals surface area contributed by atoms with Gasteiger partial charge in [-0.05, 0) is 6.42 Å². The van der Waals surface area contributed by atoms with Crippen LogP contribution >= 0.6 is 0 Å². The molecule has 1 heterocycles. The highest BCUT2D eigenvalue weighted by atomic mass is 16.7. The molecule has 0 unspecified atom stereocenters. The standard InChI is InChI=1S/C26H50O8/c1-2-3-4-5-6-7-8-9-10-11-12-13-14-15-16-17-22(29)34-25(26-32-18-19-33-26)24(31)23(30)21(28)20-27/h21,23-28,30-31H,2-20H2,1H3/t21-,23+,24+,25-/m1/s1. The largest absolute Gasteiger partial charge is 0.454 e. The fraction of sp³-hybridized carbons (Fsp3) is 0.962. The van der Waals surface area contributed by atoms with Gasteiger partial charge in [0.15, 0.2) is 12.4 Å². The van der Waals surface area contributed by atoms with Crippen LogP contribution in [0.1, 0.15) is 110 Å². The molecule has 1 aliphatic heterocycles. The average Bonchev–Trinajstić information content (AvgIpc) is 3.38. The van der Waals surface area contributed by atoms with Gasteiger partial charge in [-0.25, -0.2) is 0 Å². The van der Waals surface area contributed by atoms with Crippen molar-refractivity contribution in [2.75, 3.05) is 19.8 Å². The van der Waals surface area contributed by atoms with Gasteiger partial charge < -0.3 is 34.6 Å². The molecule has 0 aromatic carbocycles. The topological polar surface area (TPSA) is 126 Å². The van der Waals surface area contributed by atoms with Crippen molar-refractivity contribution in [2.45, 2.75) is 140 Å².